The van der Waals surface area contributed by atoms with Gasteiger partial charge in [-0.25, -0.2) is 0 Å². The monoisotopic (exact) mass is 341 g/mol. The van der Waals surface area contributed by atoms with Crippen molar-refractivity contribution in [3.63, 3.8) is 0 Å². The van der Waals surface area contributed by atoms with Gasteiger partial charge in [0.1, 0.15) is 5.25 Å². The highest BCUT2D eigenvalue weighted by Gasteiger charge is 2.24. The summed E-state index contributed by atoms with van der Waals surface area (Å²) in [5, 5.41) is -0.559. The Kier molecular flexibility index (Phi) is 5.56. The van der Waals surface area contributed by atoms with Crippen LogP contribution in [0.4, 0.5) is 5.69 Å². The average molecular weight is 342 g/mol. The molecule has 0 unspecified atom stereocenters. The van der Waals surface area contributed by atoms with Gasteiger partial charge in [-0.15, -0.1) is 11.3 Å². The highest BCUT2D eigenvalue weighted by Crippen LogP contribution is 2.23. The van der Waals surface area contributed by atoms with Crippen molar-refractivity contribution in [1.29, 1.82) is 0 Å². The van der Waals surface area contributed by atoms with Crippen LogP contribution in [0, 0.1) is 0 Å². The first-order chi connectivity index (χ1) is 9.99. The fourth-order valence-electron chi connectivity index (χ4n) is 1.86. The van der Waals surface area contributed by atoms with Gasteiger partial charge in [0.05, 0.1) is 10.1 Å². The molecule has 1 amide bonds. The van der Waals surface area contributed by atoms with Crippen LogP contribution in [0.5, 0.6) is 0 Å². The third kappa shape index (κ3) is 4.15. The van der Waals surface area contributed by atoms with Crippen molar-refractivity contribution in [2.45, 2.75) is 17.9 Å². The third-order valence-electron chi connectivity index (χ3n) is 3.13. The van der Waals surface area contributed by atoms with E-state index >= 15 is 0 Å². The standard InChI is InChI=1S/C15H16ClNO2S2/c1-11(21(19)10-13-8-9-14(16)20-13)15(18)17(2)12-6-4-3-5-7-12/h3-9,11H,10H2,1-2H3/t11-,21+/m0/s1. The van der Waals surface area contributed by atoms with Crippen LogP contribution in [0.3, 0.4) is 0 Å². The molecule has 2 rings (SSSR count). The van der Waals surface area contributed by atoms with Crippen molar-refractivity contribution in [1.82, 2.24) is 0 Å². The van der Waals surface area contributed by atoms with Gasteiger partial charge in [0.15, 0.2) is 0 Å². The quantitative estimate of drug-likeness (QED) is 0.831. The smallest absolute Gasteiger partial charge is 0.242 e. The summed E-state index contributed by atoms with van der Waals surface area (Å²) in [5.41, 5.74) is 0.797. The minimum Gasteiger partial charge on any atom is -0.314 e. The van der Waals surface area contributed by atoms with Crippen LogP contribution in [0.15, 0.2) is 42.5 Å². The number of hydrogen-bond donors (Lipinski definition) is 0. The summed E-state index contributed by atoms with van der Waals surface area (Å²) in [6.07, 6.45) is 0. The Morgan fingerprint density at radius 1 is 1.29 bits per heavy atom. The zero-order chi connectivity index (χ0) is 15.4. The van der Waals surface area contributed by atoms with Gasteiger partial charge in [0.25, 0.3) is 0 Å². The lowest BCUT2D eigenvalue weighted by molar-refractivity contribution is -0.117. The summed E-state index contributed by atoms with van der Waals surface area (Å²) in [6, 6.07) is 13.0. The van der Waals surface area contributed by atoms with Crippen molar-refractivity contribution < 1.29 is 9.00 Å². The van der Waals surface area contributed by atoms with E-state index in [0.717, 1.165) is 10.6 Å². The lowest BCUT2D eigenvalue weighted by Gasteiger charge is -2.21. The van der Waals surface area contributed by atoms with Gasteiger partial charge in [-0.3, -0.25) is 9.00 Å². The van der Waals surface area contributed by atoms with Gasteiger partial charge >= 0.3 is 0 Å². The maximum Gasteiger partial charge on any atom is 0.242 e. The number of para-hydroxylation sites is 1. The topological polar surface area (TPSA) is 37.4 Å². The number of halogens is 1. The summed E-state index contributed by atoms with van der Waals surface area (Å²) in [7, 11) is 0.435. The first-order valence-corrected chi connectivity index (χ1v) is 9.00. The third-order valence-corrected chi connectivity index (χ3v) is 6.13. The molecule has 1 aromatic carbocycles. The Bertz CT molecular complexity index is 642. The van der Waals surface area contributed by atoms with Gasteiger partial charge < -0.3 is 4.90 Å². The highest BCUT2D eigenvalue weighted by atomic mass is 35.5. The molecule has 0 bridgehead atoms. The van der Waals surface area contributed by atoms with E-state index in [2.05, 4.69) is 0 Å². The predicted molar refractivity (Wildman–Crippen MR) is 90.5 cm³/mol. The van der Waals surface area contributed by atoms with Crippen molar-refractivity contribution in [3.05, 3.63) is 51.7 Å². The van der Waals surface area contributed by atoms with E-state index in [-0.39, 0.29) is 5.91 Å². The van der Waals surface area contributed by atoms with Gasteiger partial charge in [0, 0.05) is 28.4 Å². The molecule has 112 valence electrons. The minimum absolute atomic E-state index is 0.151. The molecular weight excluding hydrogens is 326 g/mol. The molecule has 0 spiro atoms. The van der Waals surface area contributed by atoms with Crippen LogP contribution in [0.2, 0.25) is 4.34 Å². The molecule has 0 aliphatic heterocycles. The Morgan fingerprint density at radius 3 is 2.52 bits per heavy atom. The second-order valence-electron chi connectivity index (χ2n) is 4.61. The van der Waals surface area contributed by atoms with Gasteiger partial charge in [-0.2, -0.15) is 0 Å². The number of nitrogens with zero attached hydrogens (tertiary/aromatic N) is 1. The number of amides is 1. The maximum absolute atomic E-state index is 12.4. The van der Waals surface area contributed by atoms with Crippen LogP contribution >= 0.6 is 22.9 Å². The lowest BCUT2D eigenvalue weighted by atomic mass is 10.3. The molecule has 0 N–H and O–H groups in total. The molecule has 0 saturated carbocycles. The van der Waals surface area contributed by atoms with Crippen molar-refractivity contribution in [3.8, 4) is 0 Å². The molecule has 0 saturated heterocycles. The molecule has 21 heavy (non-hydrogen) atoms. The van der Waals surface area contributed by atoms with Crippen molar-refractivity contribution in [2.75, 3.05) is 11.9 Å². The highest BCUT2D eigenvalue weighted by molar-refractivity contribution is 7.85. The lowest BCUT2D eigenvalue weighted by Crippen LogP contribution is -2.37. The van der Waals surface area contributed by atoms with E-state index in [4.69, 9.17) is 11.6 Å². The number of hydrogen-bond acceptors (Lipinski definition) is 3. The molecule has 1 heterocycles. The summed E-state index contributed by atoms with van der Waals surface area (Å²) >= 11 is 7.26. The number of carbonyl (C=O) groups is 1. The molecule has 6 heteroatoms. The van der Waals surface area contributed by atoms with E-state index in [0.29, 0.717) is 10.1 Å². The van der Waals surface area contributed by atoms with E-state index in [1.807, 2.05) is 36.4 Å². The van der Waals surface area contributed by atoms with Crippen LogP contribution in [0.25, 0.3) is 0 Å². The SMILES string of the molecule is C[C@@H](C(=O)N(C)c1ccccc1)[S@](=O)Cc1ccc(Cl)s1. The Hall–Kier alpha value is -1.17. The second kappa shape index (κ2) is 7.20. The number of carbonyl (C=O) groups excluding carboxylic acids is 1. The normalized spacial score (nSPS) is 13.7. The summed E-state index contributed by atoms with van der Waals surface area (Å²) < 4.78 is 13.0. The minimum atomic E-state index is -1.27. The fourth-order valence-corrected chi connectivity index (χ4v) is 4.34. The summed E-state index contributed by atoms with van der Waals surface area (Å²) in [4.78, 5) is 14.9. The molecule has 0 aliphatic rings. The summed E-state index contributed by atoms with van der Waals surface area (Å²) in [5.74, 6) is 0.203. The first kappa shape index (κ1) is 16.2. The predicted octanol–water partition coefficient (Wildman–Crippen LogP) is 3.70. The molecule has 3 nitrogen and oxygen atoms in total. The van der Waals surface area contributed by atoms with Crippen LogP contribution in [0.1, 0.15) is 11.8 Å². The zero-order valence-corrected chi connectivity index (χ0v) is 14.2. The van der Waals surface area contributed by atoms with Gasteiger partial charge in [0.2, 0.25) is 5.91 Å². The average Bonchev–Trinajstić information content (AvgIpc) is 2.90. The van der Waals surface area contributed by atoms with Crippen LogP contribution in [-0.4, -0.2) is 22.4 Å². The van der Waals surface area contributed by atoms with Crippen LogP contribution < -0.4 is 4.90 Å². The van der Waals surface area contributed by atoms with Gasteiger partial charge in [-0.05, 0) is 31.2 Å². The van der Waals surface area contributed by atoms with Crippen molar-refractivity contribution in [2.24, 2.45) is 0 Å². The molecule has 1 aromatic heterocycles. The molecule has 2 atom stereocenters. The number of benzene rings is 1. The van der Waals surface area contributed by atoms with Gasteiger partial charge in [-0.1, -0.05) is 29.8 Å². The molecule has 0 radical (unpaired) electrons. The Morgan fingerprint density at radius 2 is 1.95 bits per heavy atom. The van der Waals surface area contributed by atoms with E-state index in [9.17, 15) is 9.00 Å². The number of rotatable bonds is 5. The Labute approximate surface area is 136 Å². The molecule has 0 aliphatic carbocycles. The molecular formula is C15H16ClNO2S2. The summed E-state index contributed by atoms with van der Waals surface area (Å²) in [6.45, 7) is 1.70. The number of thiophene rings is 1. The maximum atomic E-state index is 12.4. The second-order valence-corrected chi connectivity index (χ2v) is 8.16. The Balaban J connectivity index is 2.03. The molecule has 0 fully saturated rings. The zero-order valence-electron chi connectivity index (χ0n) is 11.8. The largest absolute Gasteiger partial charge is 0.314 e. The molecule has 2 aromatic rings. The van der Waals surface area contributed by atoms with Crippen LogP contribution in [-0.2, 0) is 21.3 Å². The first-order valence-electron chi connectivity index (χ1n) is 6.43. The van der Waals surface area contributed by atoms with E-state index < -0.39 is 16.0 Å². The fraction of sp³-hybridized carbons (Fsp3) is 0.267. The van der Waals surface area contributed by atoms with Crippen molar-refractivity contribution >= 4 is 45.3 Å². The van der Waals surface area contributed by atoms with E-state index in [1.54, 1.807) is 24.9 Å². The van der Waals surface area contributed by atoms with E-state index in [1.165, 1.54) is 11.3 Å². The number of anilines is 1.